The van der Waals surface area contributed by atoms with Gasteiger partial charge in [-0.05, 0) is 12.6 Å². The molecule has 0 aromatic rings. The second kappa shape index (κ2) is 1.26. The van der Waals surface area contributed by atoms with Gasteiger partial charge in [0.1, 0.15) is 0 Å². The summed E-state index contributed by atoms with van der Waals surface area (Å²) in [6.45, 7) is 2.31. The summed E-state index contributed by atoms with van der Waals surface area (Å²) in [5.41, 5.74) is 0.481. The first-order valence-electron chi connectivity index (χ1n) is 3.05. The molecular weight excluding hydrogens is 100 g/mol. The van der Waals surface area contributed by atoms with Gasteiger partial charge < -0.3 is 10.6 Å². The minimum absolute atomic E-state index is 0.481. The van der Waals surface area contributed by atoms with Gasteiger partial charge in [0.15, 0.2) is 0 Å². The van der Waals surface area contributed by atoms with Crippen molar-refractivity contribution in [3.05, 3.63) is 12.3 Å². The Balaban J connectivity index is 2.08. The Morgan fingerprint density at radius 3 is 2.62 bits per heavy atom. The van der Waals surface area contributed by atoms with Crippen LogP contribution >= 0.6 is 0 Å². The van der Waals surface area contributed by atoms with E-state index in [2.05, 4.69) is 16.7 Å². The number of nitrogens with one attached hydrogen (secondary N) is 2. The summed E-state index contributed by atoms with van der Waals surface area (Å²) >= 11 is 0. The minimum Gasteiger partial charge on any atom is -0.389 e. The van der Waals surface area contributed by atoms with Crippen molar-refractivity contribution in [3.63, 3.8) is 0 Å². The van der Waals surface area contributed by atoms with E-state index in [1.54, 1.807) is 0 Å². The zero-order valence-corrected chi connectivity index (χ0v) is 4.78. The molecule has 1 atom stereocenters. The van der Waals surface area contributed by atoms with Crippen LogP contribution in [0, 0.1) is 0 Å². The number of rotatable bonds is 0. The Morgan fingerprint density at radius 2 is 2.25 bits per heavy atom. The van der Waals surface area contributed by atoms with Crippen LogP contribution in [-0.2, 0) is 0 Å². The molecule has 2 aliphatic rings. The summed E-state index contributed by atoms with van der Waals surface area (Å²) < 4.78 is 0. The fourth-order valence-electron chi connectivity index (χ4n) is 1.09. The molecular formula is C6H10N2. The lowest BCUT2D eigenvalue weighted by atomic mass is 10.0. The lowest BCUT2D eigenvalue weighted by Crippen LogP contribution is -2.31. The average Bonchev–Trinajstić information content (AvgIpc) is 2.52. The van der Waals surface area contributed by atoms with Gasteiger partial charge in [0.25, 0.3) is 0 Å². The maximum atomic E-state index is 3.34. The van der Waals surface area contributed by atoms with E-state index in [0.29, 0.717) is 5.54 Å². The maximum Gasteiger partial charge on any atom is 0.0517 e. The van der Waals surface area contributed by atoms with Gasteiger partial charge in [-0.2, -0.15) is 0 Å². The molecule has 2 nitrogen and oxygen atoms in total. The summed E-state index contributed by atoms with van der Waals surface area (Å²) in [6, 6.07) is 0. The standard InChI is InChI=1S/C6H10N2/c1-2-6(5-8-6)4-7-3-1/h1,3,7-8H,2,4-5H2. The molecule has 0 aromatic carbocycles. The fraction of sp³-hybridized carbons (Fsp3) is 0.667. The third-order valence-electron chi connectivity index (χ3n) is 1.86. The molecule has 1 spiro atoms. The Kier molecular flexibility index (Phi) is 0.690. The van der Waals surface area contributed by atoms with Crippen molar-refractivity contribution in [2.75, 3.05) is 13.1 Å². The zero-order valence-electron chi connectivity index (χ0n) is 4.78. The number of hydrogen-bond donors (Lipinski definition) is 2. The summed E-state index contributed by atoms with van der Waals surface area (Å²) in [5.74, 6) is 0. The summed E-state index contributed by atoms with van der Waals surface area (Å²) in [6.07, 6.45) is 5.43. The van der Waals surface area contributed by atoms with E-state index in [4.69, 9.17) is 0 Å². The van der Waals surface area contributed by atoms with E-state index in [1.807, 2.05) is 6.20 Å². The first kappa shape index (κ1) is 4.39. The second-order valence-electron chi connectivity index (χ2n) is 2.62. The van der Waals surface area contributed by atoms with Crippen LogP contribution in [0.1, 0.15) is 6.42 Å². The molecule has 0 bridgehead atoms. The van der Waals surface area contributed by atoms with Gasteiger partial charge in [-0.3, -0.25) is 0 Å². The van der Waals surface area contributed by atoms with Crippen molar-refractivity contribution < 1.29 is 0 Å². The summed E-state index contributed by atoms with van der Waals surface area (Å²) in [7, 11) is 0. The molecule has 2 rings (SSSR count). The third-order valence-corrected chi connectivity index (χ3v) is 1.86. The highest BCUT2D eigenvalue weighted by molar-refractivity contribution is 5.13. The molecule has 1 saturated heterocycles. The molecule has 2 heterocycles. The molecule has 0 saturated carbocycles. The van der Waals surface area contributed by atoms with Crippen molar-refractivity contribution in [1.29, 1.82) is 0 Å². The van der Waals surface area contributed by atoms with Gasteiger partial charge in [-0.1, -0.05) is 6.08 Å². The smallest absolute Gasteiger partial charge is 0.0517 e. The highest BCUT2D eigenvalue weighted by atomic mass is 15.2. The Labute approximate surface area is 49.0 Å². The third kappa shape index (κ3) is 0.530. The van der Waals surface area contributed by atoms with Gasteiger partial charge in [0.2, 0.25) is 0 Å². The van der Waals surface area contributed by atoms with E-state index in [0.717, 1.165) is 6.54 Å². The second-order valence-corrected chi connectivity index (χ2v) is 2.62. The van der Waals surface area contributed by atoms with Crippen molar-refractivity contribution in [1.82, 2.24) is 10.6 Å². The van der Waals surface area contributed by atoms with Crippen molar-refractivity contribution in [3.8, 4) is 0 Å². The van der Waals surface area contributed by atoms with Crippen LogP contribution in [0.25, 0.3) is 0 Å². The lowest BCUT2D eigenvalue weighted by Gasteiger charge is -2.14. The molecule has 0 amide bonds. The van der Waals surface area contributed by atoms with Crippen LogP contribution < -0.4 is 10.6 Å². The topological polar surface area (TPSA) is 34.0 Å². The maximum absolute atomic E-state index is 3.34. The monoisotopic (exact) mass is 110 g/mol. The quantitative estimate of drug-likeness (QED) is 0.425. The van der Waals surface area contributed by atoms with Crippen LogP contribution in [0.2, 0.25) is 0 Å². The van der Waals surface area contributed by atoms with Gasteiger partial charge in [0.05, 0.1) is 5.54 Å². The minimum atomic E-state index is 0.481. The molecule has 1 unspecified atom stereocenters. The molecule has 0 radical (unpaired) electrons. The van der Waals surface area contributed by atoms with Crippen LogP contribution in [0.4, 0.5) is 0 Å². The predicted molar refractivity (Wildman–Crippen MR) is 32.5 cm³/mol. The molecule has 2 N–H and O–H groups in total. The summed E-state index contributed by atoms with van der Waals surface area (Å²) in [5, 5.41) is 6.53. The Morgan fingerprint density at radius 1 is 1.38 bits per heavy atom. The SMILES string of the molecule is C1=CNCC2(C1)CN2. The lowest BCUT2D eigenvalue weighted by molar-refractivity contribution is 0.576. The van der Waals surface area contributed by atoms with E-state index >= 15 is 0 Å². The van der Waals surface area contributed by atoms with Crippen LogP contribution in [0.3, 0.4) is 0 Å². The fourth-order valence-corrected chi connectivity index (χ4v) is 1.09. The molecule has 0 aliphatic carbocycles. The van der Waals surface area contributed by atoms with Crippen molar-refractivity contribution >= 4 is 0 Å². The highest BCUT2D eigenvalue weighted by Crippen LogP contribution is 2.22. The normalized spacial score (nSPS) is 42.0. The molecule has 8 heavy (non-hydrogen) atoms. The molecule has 1 fully saturated rings. The van der Waals surface area contributed by atoms with Gasteiger partial charge in [0, 0.05) is 13.1 Å². The first-order valence-corrected chi connectivity index (χ1v) is 3.05. The molecule has 0 aromatic heterocycles. The predicted octanol–water partition coefficient (Wildman–Crippen LogP) is -0.165. The first-order chi connectivity index (χ1) is 3.91. The van der Waals surface area contributed by atoms with E-state index in [-0.39, 0.29) is 0 Å². The van der Waals surface area contributed by atoms with Crippen molar-refractivity contribution in [2.24, 2.45) is 0 Å². The Bertz CT molecular complexity index is 124. The van der Waals surface area contributed by atoms with Gasteiger partial charge >= 0.3 is 0 Å². The van der Waals surface area contributed by atoms with E-state index in [9.17, 15) is 0 Å². The van der Waals surface area contributed by atoms with Gasteiger partial charge in [-0.25, -0.2) is 0 Å². The number of hydrogen-bond acceptors (Lipinski definition) is 2. The summed E-state index contributed by atoms with van der Waals surface area (Å²) in [4.78, 5) is 0. The molecule has 2 heteroatoms. The average molecular weight is 110 g/mol. The highest BCUT2D eigenvalue weighted by Gasteiger charge is 2.41. The van der Waals surface area contributed by atoms with E-state index in [1.165, 1.54) is 13.0 Å². The van der Waals surface area contributed by atoms with Gasteiger partial charge in [-0.15, -0.1) is 0 Å². The zero-order chi connectivity index (χ0) is 5.45. The van der Waals surface area contributed by atoms with Crippen LogP contribution in [0.5, 0.6) is 0 Å². The van der Waals surface area contributed by atoms with Crippen LogP contribution in [0.15, 0.2) is 12.3 Å². The van der Waals surface area contributed by atoms with Crippen LogP contribution in [-0.4, -0.2) is 18.6 Å². The molecule has 44 valence electrons. The van der Waals surface area contributed by atoms with Crippen molar-refractivity contribution in [2.45, 2.75) is 12.0 Å². The molecule has 2 aliphatic heterocycles. The Hall–Kier alpha value is -0.500. The van der Waals surface area contributed by atoms with E-state index < -0.39 is 0 Å². The largest absolute Gasteiger partial charge is 0.389 e.